The lowest BCUT2D eigenvalue weighted by Gasteiger charge is -2.33. The predicted octanol–water partition coefficient (Wildman–Crippen LogP) is 5.22. The lowest BCUT2D eigenvalue weighted by molar-refractivity contribution is 0.481. The maximum absolute atomic E-state index is 6.38. The quantitative estimate of drug-likeness (QED) is 0.424. The van der Waals surface area contributed by atoms with E-state index >= 15 is 0 Å². The van der Waals surface area contributed by atoms with E-state index in [9.17, 15) is 0 Å². The highest BCUT2D eigenvalue weighted by atomic mass is 16.5. The molecule has 1 aliphatic heterocycles. The zero-order valence-corrected chi connectivity index (χ0v) is 18.6. The third kappa shape index (κ3) is 4.76. The van der Waals surface area contributed by atoms with Gasteiger partial charge in [0.25, 0.3) is 0 Å². The van der Waals surface area contributed by atoms with Gasteiger partial charge in [-0.3, -0.25) is 4.90 Å². The van der Waals surface area contributed by atoms with Crippen molar-refractivity contribution in [3.05, 3.63) is 126 Å². The summed E-state index contributed by atoms with van der Waals surface area (Å²) in [6.07, 6.45) is 0.347. The van der Waals surface area contributed by atoms with E-state index in [4.69, 9.17) is 16.2 Å². The Bertz CT molecular complexity index is 1340. The Morgan fingerprint density at radius 2 is 1.38 bits per heavy atom. The van der Waals surface area contributed by atoms with Crippen LogP contribution in [0.15, 0.2) is 119 Å². The predicted molar refractivity (Wildman–Crippen MR) is 137 cm³/mol. The second kappa shape index (κ2) is 9.50. The summed E-state index contributed by atoms with van der Waals surface area (Å²) in [6, 6.07) is 36.0. The monoisotopic (exact) mass is 447 g/mol. The van der Waals surface area contributed by atoms with Crippen molar-refractivity contribution in [3.8, 4) is 11.5 Å². The smallest absolute Gasteiger partial charge is 0.221 e. The highest BCUT2D eigenvalue weighted by Crippen LogP contribution is 2.33. The summed E-state index contributed by atoms with van der Waals surface area (Å²) in [6.45, 7) is 0. The molecule has 0 aromatic heterocycles. The SMILES string of the molecule is NC1=NC(c2cccc(Oc3ccccc3)c2)N(c2cccc(Cc3ccccc3)c2)C(N)=N1. The van der Waals surface area contributed by atoms with Crippen molar-refractivity contribution in [1.82, 2.24) is 0 Å². The van der Waals surface area contributed by atoms with Gasteiger partial charge < -0.3 is 16.2 Å². The van der Waals surface area contributed by atoms with Crippen LogP contribution in [0.1, 0.15) is 22.9 Å². The molecule has 0 saturated heterocycles. The molecule has 0 amide bonds. The van der Waals surface area contributed by atoms with Crippen LogP contribution in [-0.4, -0.2) is 11.9 Å². The fourth-order valence-corrected chi connectivity index (χ4v) is 4.02. The van der Waals surface area contributed by atoms with Crippen LogP contribution < -0.4 is 21.1 Å². The highest BCUT2D eigenvalue weighted by Gasteiger charge is 2.28. The number of nitrogens with two attached hydrogens (primary N) is 2. The third-order valence-electron chi connectivity index (χ3n) is 5.55. The average molecular weight is 448 g/mol. The molecule has 0 aliphatic carbocycles. The van der Waals surface area contributed by atoms with Gasteiger partial charge >= 0.3 is 0 Å². The Morgan fingerprint density at radius 3 is 2.18 bits per heavy atom. The zero-order valence-electron chi connectivity index (χ0n) is 18.6. The van der Waals surface area contributed by atoms with E-state index in [1.807, 2.05) is 89.8 Å². The molecule has 0 spiro atoms. The van der Waals surface area contributed by atoms with Gasteiger partial charge in [-0.2, -0.15) is 4.99 Å². The topological polar surface area (TPSA) is 89.2 Å². The van der Waals surface area contributed by atoms with Gasteiger partial charge in [-0.15, -0.1) is 0 Å². The minimum Gasteiger partial charge on any atom is -0.457 e. The minimum atomic E-state index is -0.469. The van der Waals surface area contributed by atoms with E-state index in [2.05, 4.69) is 34.3 Å². The average Bonchev–Trinajstić information content (AvgIpc) is 2.85. The number of anilines is 1. The molecule has 1 unspecified atom stereocenters. The van der Waals surface area contributed by atoms with Crippen molar-refractivity contribution in [2.45, 2.75) is 12.6 Å². The number of aliphatic imine (C=N–C) groups is 2. The fourth-order valence-electron chi connectivity index (χ4n) is 4.02. The van der Waals surface area contributed by atoms with Gasteiger partial charge in [-0.25, -0.2) is 4.99 Å². The molecule has 6 heteroatoms. The second-order valence-electron chi connectivity index (χ2n) is 8.02. The molecule has 6 nitrogen and oxygen atoms in total. The van der Waals surface area contributed by atoms with E-state index in [1.165, 1.54) is 11.1 Å². The molecule has 4 aromatic rings. The van der Waals surface area contributed by atoms with E-state index in [0.29, 0.717) is 11.7 Å². The third-order valence-corrected chi connectivity index (χ3v) is 5.55. The molecule has 5 rings (SSSR count). The normalized spacial score (nSPS) is 15.4. The van der Waals surface area contributed by atoms with E-state index in [0.717, 1.165) is 23.4 Å². The van der Waals surface area contributed by atoms with E-state index < -0.39 is 6.17 Å². The molecule has 1 aliphatic rings. The summed E-state index contributed by atoms with van der Waals surface area (Å²) in [5.74, 6) is 1.91. The lowest BCUT2D eigenvalue weighted by Crippen LogP contribution is -2.44. The Morgan fingerprint density at radius 1 is 0.706 bits per heavy atom. The molecule has 0 saturated carbocycles. The molecule has 0 fully saturated rings. The number of ether oxygens (including phenoxy) is 1. The first kappa shape index (κ1) is 21.3. The van der Waals surface area contributed by atoms with Crippen molar-refractivity contribution >= 4 is 17.6 Å². The zero-order chi connectivity index (χ0) is 23.3. The molecule has 4 aromatic carbocycles. The van der Waals surface area contributed by atoms with Crippen LogP contribution in [0.4, 0.5) is 5.69 Å². The molecular formula is C28H25N5O. The van der Waals surface area contributed by atoms with Gasteiger partial charge in [0.15, 0.2) is 6.17 Å². The van der Waals surface area contributed by atoms with Gasteiger partial charge in [-0.1, -0.05) is 72.8 Å². The summed E-state index contributed by atoms with van der Waals surface area (Å²) in [5, 5.41) is 0. The molecule has 0 bridgehead atoms. The Hall–Kier alpha value is -4.58. The van der Waals surface area contributed by atoms with Crippen LogP contribution in [0.25, 0.3) is 0 Å². The van der Waals surface area contributed by atoms with E-state index in [1.54, 1.807) is 0 Å². The standard InChI is InChI=1S/C28H25N5O/c29-27-31-26(22-12-8-16-25(19-22)34-24-14-5-2-6-15-24)33(28(30)32-27)23-13-7-11-21(18-23)17-20-9-3-1-4-10-20/h1-16,18-19,26H,17H2,(H4,29,30,31,32). The van der Waals surface area contributed by atoms with Gasteiger partial charge in [0.1, 0.15) is 11.5 Å². The Balaban J connectivity index is 1.47. The maximum atomic E-state index is 6.38. The largest absolute Gasteiger partial charge is 0.457 e. The number of rotatable bonds is 6. The van der Waals surface area contributed by atoms with Crippen LogP contribution >= 0.6 is 0 Å². The maximum Gasteiger partial charge on any atom is 0.221 e. The molecule has 1 atom stereocenters. The molecule has 168 valence electrons. The van der Waals surface area contributed by atoms with Crippen molar-refractivity contribution in [2.24, 2.45) is 21.5 Å². The molecular weight excluding hydrogens is 422 g/mol. The number of hydrogen-bond donors (Lipinski definition) is 2. The molecule has 4 N–H and O–H groups in total. The van der Waals surface area contributed by atoms with Crippen molar-refractivity contribution < 1.29 is 4.74 Å². The van der Waals surface area contributed by atoms with Crippen LogP contribution in [0.2, 0.25) is 0 Å². The van der Waals surface area contributed by atoms with Crippen molar-refractivity contribution in [1.29, 1.82) is 0 Å². The summed E-state index contributed by atoms with van der Waals surface area (Å²) in [4.78, 5) is 10.8. The molecule has 1 heterocycles. The lowest BCUT2D eigenvalue weighted by atomic mass is 10.0. The Kier molecular flexibility index (Phi) is 5.95. The van der Waals surface area contributed by atoms with Crippen LogP contribution in [-0.2, 0) is 6.42 Å². The van der Waals surface area contributed by atoms with Crippen LogP contribution in [0, 0.1) is 0 Å². The van der Waals surface area contributed by atoms with Gasteiger partial charge in [0, 0.05) is 11.3 Å². The van der Waals surface area contributed by atoms with Crippen LogP contribution in [0.3, 0.4) is 0 Å². The molecule has 34 heavy (non-hydrogen) atoms. The summed E-state index contributed by atoms with van der Waals surface area (Å²) in [5.41, 5.74) is 16.6. The first-order chi connectivity index (χ1) is 16.7. The van der Waals surface area contributed by atoms with Gasteiger partial charge in [0.05, 0.1) is 0 Å². The van der Waals surface area contributed by atoms with Crippen LogP contribution in [0.5, 0.6) is 11.5 Å². The number of hydrogen-bond acceptors (Lipinski definition) is 6. The van der Waals surface area contributed by atoms with Crippen molar-refractivity contribution in [3.63, 3.8) is 0 Å². The first-order valence-corrected chi connectivity index (χ1v) is 11.1. The van der Waals surface area contributed by atoms with Crippen molar-refractivity contribution in [2.75, 3.05) is 4.90 Å². The number of para-hydroxylation sites is 1. The second-order valence-corrected chi connectivity index (χ2v) is 8.02. The van der Waals surface area contributed by atoms with Gasteiger partial charge in [-0.05, 0) is 53.9 Å². The fraction of sp³-hybridized carbons (Fsp3) is 0.0714. The number of nitrogens with zero attached hydrogens (tertiary/aromatic N) is 3. The Labute approximate surface area is 198 Å². The summed E-state index contributed by atoms with van der Waals surface area (Å²) < 4.78 is 6.03. The first-order valence-electron chi connectivity index (χ1n) is 11.1. The minimum absolute atomic E-state index is 0.147. The van der Waals surface area contributed by atoms with Gasteiger partial charge in [0.2, 0.25) is 11.9 Å². The molecule has 0 radical (unpaired) electrons. The highest BCUT2D eigenvalue weighted by molar-refractivity contribution is 6.04. The summed E-state index contributed by atoms with van der Waals surface area (Å²) in [7, 11) is 0. The summed E-state index contributed by atoms with van der Waals surface area (Å²) >= 11 is 0. The van der Waals surface area contributed by atoms with E-state index in [-0.39, 0.29) is 5.96 Å². The number of guanidine groups is 2. The number of benzene rings is 4.